The summed E-state index contributed by atoms with van der Waals surface area (Å²) >= 11 is 0. The van der Waals surface area contributed by atoms with E-state index in [1.807, 2.05) is 14.0 Å². The van der Waals surface area contributed by atoms with Crippen molar-refractivity contribution in [1.82, 2.24) is 14.4 Å². The molecule has 1 aromatic carbocycles. The maximum atomic E-state index is 13.4. The number of likely N-dealkylation sites (tertiary alicyclic amines) is 1. The summed E-state index contributed by atoms with van der Waals surface area (Å²) in [5.41, 5.74) is 0.644. The number of piperidine rings is 1. The van der Waals surface area contributed by atoms with Gasteiger partial charge < -0.3 is 19.3 Å². The summed E-state index contributed by atoms with van der Waals surface area (Å²) < 4.78 is 47.3. The lowest BCUT2D eigenvalue weighted by molar-refractivity contribution is -0.144. The van der Waals surface area contributed by atoms with E-state index in [4.69, 9.17) is 4.74 Å². The van der Waals surface area contributed by atoms with Crippen molar-refractivity contribution in [2.45, 2.75) is 44.6 Å². The molecule has 1 N–H and O–H groups in total. The molecule has 2 aromatic rings. The fourth-order valence-corrected chi connectivity index (χ4v) is 5.03. The minimum Gasteiger partial charge on any atom is -0.493 e. The lowest BCUT2D eigenvalue weighted by Gasteiger charge is -2.50. The minimum atomic E-state index is -4.38. The molecule has 0 saturated carbocycles. The molecule has 3 heterocycles. The van der Waals surface area contributed by atoms with Crippen LogP contribution in [-0.2, 0) is 24.9 Å². The monoisotopic (exact) mass is 451 g/mol. The zero-order valence-electron chi connectivity index (χ0n) is 18.3. The zero-order valence-corrected chi connectivity index (χ0v) is 18.3. The normalized spacial score (nSPS) is 18.6. The van der Waals surface area contributed by atoms with Crippen molar-refractivity contribution in [2.24, 2.45) is 0 Å². The number of aromatic nitrogens is 1. The molecule has 2 aliphatic heterocycles. The van der Waals surface area contributed by atoms with Gasteiger partial charge in [-0.3, -0.25) is 9.69 Å². The van der Waals surface area contributed by atoms with E-state index in [-0.39, 0.29) is 12.5 Å². The summed E-state index contributed by atoms with van der Waals surface area (Å²) in [6, 6.07) is 7.78. The lowest BCUT2D eigenvalue weighted by Crippen LogP contribution is -2.56. The summed E-state index contributed by atoms with van der Waals surface area (Å²) in [6.07, 6.45) is -3.27. The maximum Gasteiger partial charge on any atom is 0.431 e. The Kier molecular flexibility index (Phi) is 5.98. The van der Waals surface area contributed by atoms with E-state index < -0.39 is 17.4 Å². The smallest absolute Gasteiger partial charge is 0.431 e. The standard InChI is InChI=1S/C23H28F3N3O3/c1-3-32-18-14-16(4-5-17(18)15-30)21(31)28-10-8-22(9-11-28)19-6-7-20(23(24,25)26)29(19)13-12-27(22)2/h4-7,14,30H,3,8-13,15H2,1-2H3. The van der Waals surface area contributed by atoms with Gasteiger partial charge in [-0.25, -0.2) is 0 Å². The number of aliphatic hydroxyl groups excluding tert-OH is 1. The molecule has 1 saturated heterocycles. The van der Waals surface area contributed by atoms with E-state index in [1.165, 1.54) is 10.6 Å². The van der Waals surface area contributed by atoms with Crippen molar-refractivity contribution in [3.05, 3.63) is 52.8 Å². The average molecular weight is 451 g/mol. The Labute approximate surface area is 185 Å². The van der Waals surface area contributed by atoms with Gasteiger partial charge in [0.2, 0.25) is 0 Å². The molecular weight excluding hydrogens is 423 g/mol. The Bertz CT molecular complexity index is 994. The van der Waals surface area contributed by atoms with E-state index in [0.717, 1.165) is 0 Å². The number of nitrogens with zero attached hydrogens (tertiary/aromatic N) is 3. The molecule has 32 heavy (non-hydrogen) atoms. The van der Waals surface area contributed by atoms with Gasteiger partial charge >= 0.3 is 6.18 Å². The molecule has 0 bridgehead atoms. The summed E-state index contributed by atoms with van der Waals surface area (Å²) in [5, 5.41) is 9.47. The summed E-state index contributed by atoms with van der Waals surface area (Å²) in [4.78, 5) is 17.0. The van der Waals surface area contributed by atoms with Crippen LogP contribution in [0.15, 0.2) is 30.3 Å². The van der Waals surface area contributed by atoms with E-state index in [9.17, 15) is 23.1 Å². The second-order valence-electron chi connectivity index (χ2n) is 8.41. The van der Waals surface area contributed by atoms with Crippen molar-refractivity contribution in [3.8, 4) is 5.75 Å². The Balaban J connectivity index is 1.55. The van der Waals surface area contributed by atoms with Crippen molar-refractivity contribution < 1.29 is 27.8 Å². The molecule has 6 nitrogen and oxygen atoms in total. The predicted molar refractivity (Wildman–Crippen MR) is 112 cm³/mol. The molecule has 9 heteroatoms. The van der Waals surface area contributed by atoms with Crippen molar-refractivity contribution >= 4 is 5.91 Å². The van der Waals surface area contributed by atoms with Crippen molar-refractivity contribution in [2.75, 3.05) is 33.3 Å². The van der Waals surface area contributed by atoms with Gasteiger partial charge in [0.15, 0.2) is 0 Å². The van der Waals surface area contributed by atoms with Gasteiger partial charge in [-0.15, -0.1) is 0 Å². The molecule has 4 rings (SSSR count). The minimum absolute atomic E-state index is 0.143. The Morgan fingerprint density at radius 2 is 1.84 bits per heavy atom. The SMILES string of the molecule is CCOc1cc(C(=O)N2CCC3(CC2)c2ccc(C(F)(F)F)n2CCN3C)ccc1CO. The van der Waals surface area contributed by atoms with E-state index in [1.54, 1.807) is 29.2 Å². The Morgan fingerprint density at radius 3 is 2.47 bits per heavy atom. The van der Waals surface area contributed by atoms with Crippen LogP contribution in [0.25, 0.3) is 0 Å². The van der Waals surface area contributed by atoms with Crippen LogP contribution < -0.4 is 4.74 Å². The second kappa shape index (κ2) is 8.44. The van der Waals surface area contributed by atoms with Crippen LogP contribution in [0.4, 0.5) is 13.2 Å². The van der Waals surface area contributed by atoms with E-state index in [2.05, 4.69) is 4.90 Å². The average Bonchev–Trinajstić information content (AvgIpc) is 3.22. The first kappa shape index (κ1) is 22.7. The number of fused-ring (bicyclic) bond motifs is 2. The van der Waals surface area contributed by atoms with Gasteiger partial charge in [0, 0.05) is 43.0 Å². The molecule has 0 atom stereocenters. The van der Waals surface area contributed by atoms with Gasteiger partial charge in [-0.05, 0) is 51.1 Å². The third-order valence-corrected chi connectivity index (χ3v) is 6.80. The molecule has 1 amide bonds. The quantitative estimate of drug-likeness (QED) is 0.774. The molecule has 0 aliphatic carbocycles. The van der Waals surface area contributed by atoms with Gasteiger partial charge in [0.05, 0.1) is 18.8 Å². The topological polar surface area (TPSA) is 57.9 Å². The zero-order chi connectivity index (χ0) is 23.1. The number of hydrogen-bond donors (Lipinski definition) is 1. The van der Waals surface area contributed by atoms with Crippen molar-refractivity contribution in [3.63, 3.8) is 0 Å². The highest BCUT2D eigenvalue weighted by Crippen LogP contribution is 2.44. The van der Waals surface area contributed by atoms with Gasteiger partial charge in [-0.2, -0.15) is 13.2 Å². The number of ether oxygens (including phenoxy) is 1. The highest BCUT2D eigenvalue weighted by atomic mass is 19.4. The third-order valence-electron chi connectivity index (χ3n) is 6.80. The fraction of sp³-hybridized carbons (Fsp3) is 0.522. The van der Waals surface area contributed by atoms with Gasteiger partial charge in [-0.1, -0.05) is 6.07 Å². The van der Waals surface area contributed by atoms with Crippen LogP contribution in [-0.4, -0.2) is 58.7 Å². The number of rotatable bonds is 4. The van der Waals surface area contributed by atoms with Crippen LogP contribution in [0.1, 0.15) is 47.1 Å². The molecule has 1 spiro atoms. The lowest BCUT2D eigenvalue weighted by atomic mass is 9.81. The molecule has 1 fully saturated rings. The number of carbonyl (C=O) groups is 1. The first-order valence-electron chi connectivity index (χ1n) is 10.9. The molecule has 2 aliphatic rings. The van der Waals surface area contributed by atoms with Gasteiger partial charge in [0.25, 0.3) is 5.91 Å². The van der Waals surface area contributed by atoms with Crippen LogP contribution in [0.5, 0.6) is 5.75 Å². The number of aliphatic hydroxyl groups is 1. The Hall–Kier alpha value is -2.52. The number of alkyl halides is 3. The van der Waals surface area contributed by atoms with Crippen LogP contribution in [0.3, 0.4) is 0 Å². The number of carbonyl (C=O) groups excluding carboxylic acids is 1. The fourth-order valence-electron chi connectivity index (χ4n) is 5.03. The second-order valence-corrected chi connectivity index (χ2v) is 8.41. The van der Waals surface area contributed by atoms with Crippen molar-refractivity contribution in [1.29, 1.82) is 0 Å². The van der Waals surface area contributed by atoms with Crippen LogP contribution in [0, 0.1) is 0 Å². The van der Waals surface area contributed by atoms with E-state index >= 15 is 0 Å². The first-order valence-corrected chi connectivity index (χ1v) is 10.9. The number of amides is 1. The molecule has 1 aromatic heterocycles. The molecular formula is C23H28F3N3O3. The summed E-state index contributed by atoms with van der Waals surface area (Å²) in [7, 11) is 1.95. The number of benzene rings is 1. The summed E-state index contributed by atoms with van der Waals surface area (Å²) in [6.45, 7) is 3.79. The molecule has 174 valence electrons. The molecule has 0 unspecified atom stereocenters. The highest BCUT2D eigenvalue weighted by Gasteiger charge is 2.47. The predicted octanol–water partition coefficient (Wildman–Crippen LogP) is 3.47. The van der Waals surface area contributed by atoms with Crippen LogP contribution in [0.2, 0.25) is 0 Å². The molecule has 0 radical (unpaired) electrons. The third kappa shape index (κ3) is 3.77. The largest absolute Gasteiger partial charge is 0.493 e. The number of hydrogen-bond acceptors (Lipinski definition) is 4. The van der Waals surface area contributed by atoms with Crippen LogP contribution >= 0.6 is 0 Å². The number of halogens is 3. The first-order chi connectivity index (χ1) is 15.2. The van der Waals surface area contributed by atoms with E-state index in [0.29, 0.717) is 68.2 Å². The summed E-state index contributed by atoms with van der Waals surface area (Å²) in [5.74, 6) is 0.342. The van der Waals surface area contributed by atoms with Gasteiger partial charge in [0.1, 0.15) is 11.4 Å². The Morgan fingerprint density at radius 1 is 1.12 bits per heavy atom. The maximum absolute atomic E-state index is 13.4. The number of likely N-dealkylation sites (N-methyl/N-ethyl adjacent to an activating group) is 1. The highest BCUT2D eigenvalue weighted by molar-refractivity contribution is 5.94.